The summed E-state index contributed by atoms with van der Waals surface area (Å²) in [7, 11) is 0. The molecular formula is C23H18BrCl2N3O2. The van der Waals surface area contributed by atoms with Gasteiger partial charge in [0, 0.05) is 27.3 Å². The average molecular weight is 519 g/mol. The zero-order chi connectivity index (χ0) is 22.2. The van der Waals surface area contributed by atoms with E-state index in [-0.39, 0.29) is 17.9 Å². The molecule has 8 heteroatoms. The number of carbonyl (C=O) groups excluding carboxylic acids is 2. The number of nitrogens with zero attached hydrogens (tertiary/aromatic N) is 2. The van der Waals surface area contributed by atoms with E-state index in [4.69, 9.17) is 23.2 Å². The second-order valence-electron chi connectivity index (χ2n) is 8.12. The van der Waals surface area contributed by atoms with E-state index in [9.17, 15) is 9.59 Å². The van der Waals surface area contributed by atoms with Gasteiger partial charge in [-0.2, -0.15) is 0 Å². The molecule has 0 bridgehead atoms. The third-order valence-electron chi connectivity index (χ3n) is 5.98. The maximum absolute atomic E-state index is 13.9. The molecule has 158 valence electrons. The minimum Gasteiger partial charge on any atom is -0.333 e. The van der Waals surface area contributed by atoms with Crippen LogP contribution >= 0.6 is 39.1 Å². The lowest BCUT2D eigenvalue weighted by Gasteiger charge is -2.36. The minimum atomic E-state index is -1.38. The van der Waals surface area contributed by atoms with Crippen molar-refractivity contribution in [3.63, 3.8) is 0 Å². The van der Waals surface area contributed by atoms with Gasteiger partial charge in [-0.25, -0.2) is 0 Å². The zero-order valence-corrected chi connectivity index (χ0v) is 20.1. The van der Waals surface area contributed by atoms with Gasteiger partial charge in [0.25, 0.3) is 11.8 Å². The fourth-order valence-electron chi connectivity index (χ4n) is 4.75. The van der Waals surface area contributed by atoms with Crippen LogP contribution in [0.5, 0.6) is 0 Å². The molecule has 3 heterocycles. The fraction of sp³-hybridized carbons (Fsp3) is 0.217. The summed E-state index contributed by atoms with van der Waals surface area (Å²) in [5.41, 5.74) is 2.45. The lowest BCUT2D eigenvalue weighted by Crippen LogP contribution is -2.51. The molecule has 2 aliphatic rings. The van der Waals surface area contributed by atoms with Crippen molar-refractivity contribution in [1.29, 1.82) is 0 Å². The SMILES string of the molecule is Cc1ccc(Cl)cc1N1C(=O)c2cc(Br)n(C(C)C)c2C12C(=O)Nc1cc(Cl)ccc12. The van der Waals surface area contributed by atoms with Crippen LogP contribution in [0.2, 0.25) is 10.0 Å². The number of anilines is 2. The molecule has 31 heavy (non-hydrogen) atoms. The standard InChI is InChI=1S/C23H18BrCl2N3O2/c1-11(2)28-19(24)10-15-20(28)23(16-7-6-13(25)8-17(16)27-22(23)31)29(21(15)30)18-9-14(26)5-4-12(18)3/h4-11H,1-3H3,(H,27,31). The smallest absolute Gasteiger partial charge is 0.261 e. The molecule has 2 aromatic carbocycles. The molecule has 1 atom stereocenters. The van der Waals surface area contributed by atoms with E-state index in [1.165, 1.54) is 0 Å². The van der Waals surface area contributed by atoms with Crippen LogP contribution in [-0.2, 0) is 10.3 Å². The molecule has 1 unspecified atom stereocenters. The van der Waals surface area contributed by atoms with Crippen LogP contribution in [0.3, 0.4) is 0 Å². The van der Waals surface area contributed by atoms with Crippen molar-refractivity contribution in [2.45, 2.75) is 32.4 Å². The first-order valence-electron chi connectivity index (χ1n) is 9.81. The Labute approximate surface area is 198 Å². The summed E-state index contributed by atoms with van der Waals surface area (Å²) in [4.78, 5) is 29.3. The van der Waals surface area contributed by atoms with Crippen molar-refractivity contribution in [2.75, 3.05) is 10.2 Å². The topological polar surface area (TPSA) is 54.3 Å². The van der Waals surface area contributed by atoms with Crippen molar-refractivity contribution in [3.05, 3.63) is 79.5 Å². The Bertz CT molecular complexity index is 1300. The maximum Gasteiger partial charge on any atom is 0.261 e. The van der Waals surface area contributed by atoms with E-state index in [0.29, 0.717) is 38.2 Å². The van der Waals surface area contributed by atoms with Crippen molar-refractivity contribution >= 4 is 62.3 Å². The monoisotopic (exact) mass is 517 g/mol. The molecule has 0 fully saturated rings. The summed E-state index contributed by atoms with van der Waals surface area (Å²) in [6.07, 6.45) is 0. The molecule has 0 saturated carbocycles. The zero-order valence-electron chi connectivity index (χ0n) is 17.0. The predicted octanol–water partition coefficient (Wildman–Crippen LogP) is 6.30. The number of carbonyl (C=O) groups is 2. The summed E-state index contributed by atoms with van der Waals surface area (Å²) >= 11 is 16.1. The molecule has 1 aromatic heterocycles. The van der Waals surface area contributed by atoms with Gasteiger partial charge in [0.05, 0.1) is 21.5 Å². The maximum atomic E-state index is 13.9. The van der Waals surface area contributed by atoms with Gasteiger partial charge in [-0.15, -0.1) is 0 Å². The number of aromatic nitrogens is 1. The van der Waals surface area contributed by atoms with Crippen LogP contribution in [-0.4, -0.2) is 16.4 Å². The van der Waals surface area contributed by atoms with Gasteiger partial charge >= 0.3 is 0 Å². The molecule has 1 N–H and O–H groups in total. The van der Waals surface area contributed by atoms with Crippen LogP contribution in [0.4, 0.5) is 11.4 Å². The Hall–Kier alpha value is -2.28. The Morgan fingerprint density at radius 1 is 1.03 bits per heavy atom. The van der Waals surface area contributed by atoms with Gasteiger partial charge < -0.3 is 9.88 Å². The number of aryl methyl sites for hydroxylation is 1. The number of fused-ring (bicyclic) bond motifs is 4. The lowest BCUT2D eigenvalue weighted by atomic mass is 9.86. The van der Waals surface area contributed by atoms with E-state index in [1.54, 1.807) is 35.2 Å². The molecule has 5 rings (SSSR count). The molecule has 5 nitrogen and oxygen atoms in total. The van der Waals surface area contributed by atoms with Crippen LogP contribution in [0.15, 0.2) is 47.1 Å². The highest BCUT2D eigenvalue weighted by Gasteiger charge is 2.63. The first-order chi connectivity index (χ1) is 14.7. The Morgan fingerprint density at radius 2 is 1.71 bits per heavy atom. The Morgan fingerprint density at radius 3 is 2.42 bits per heavy atom. The van der Waals surface area contributed by atoms with Gasteiger partial charge in [0.1, 0.15) is 0 Å². The van der Waals surface area contributed by atoms with Crippen LogP contribution in [0.25, 0.3) is 0 Å². The van der Waals surface area contributed by atoms with Crippen LogP contribution < -0.4 is 10.2 Å². The molecule has 2 amide bonds. The van der Waals surface area contributed by atoms with Crippen LogP contribution in [0.1, 0.15) is 47.1 Å². The van der Waals surface area contributed by atoms with E-state index in [1.807, 2.05) is 37.5 Å². The highest BCUT2D eigenvalue weighted by Crippen LogP contribution is 2.55. The second-order valence-corrected chi connectivity index (χ2v) is 9.80. The summed E-state index contributed by atoms with van der Waals surface area (Å²) in [5, 5.41) is 3.96. The van der Waals surface area contributed by atoms with Gasteiger partial charge in [0.2, 0.25) is 0 Å². The third kappa shape index (κ3) is 2.62. The first kappa shape index (κ1) is 20.6. The quantitative estimate of drug-likeness (QED) is 0.432. The van der Waals surface area contributed by atoms with Gasteiger partial charge in [0.15, 0.2) is 5.54 Å². The number of nitrogens with one attached hydrogen (secondary N) is 1. The van der Waals surface area contributed by atoms with Gasteiger partial charge in [-0.3, -0.25) is 14.5 Å². The van der Waals surface area contributed by atoms with Crippen molar-refractivity contribution in [1.82, 2.24) is 4.57 Å². The molecule has 1 spiro atoms. The molecule has 0 saturated heterocycles. The highest BCUT2D eigenvalue weighted by atomic mass is 79.9. The number of hydrogen-bond acceptors (Lipinski definition) is 2. The largest absolute Gasteiger partial charge is 0.333 e. The van der Waals surface area contributed by atoms with E-state index < -0.39 is 5.54 Å². The second kappa shape index (κ2) is 6.86. The normalized spacial score (nSPS) is 19.4. The van der Waals surface area contributed by atoms with E-state index in [2.05, 4.69) is 21.2 Å². The molecular weight excluding hydrogens is 501 g/mol. The minimum absolute atomic E-state index is 0.00681. The fourth-order valence-corrected chi connectivity index (χ4v) is 5.90. The summed E-state index contributed by atoms with van der Waals surface area (Å²) in [5.74, 6) is -0.554. The molecule has 0 radical (unpaired) electrons. The highest BCUT2D eigenvalue weighted by molar-refractivity contribution is 9.10. The Kier molecular flexibility index (Phi) is 4.56. The molecule has 2 aliphatic heterocycles. The summed E-state index contributed by atoms with van der Waals surface area (Å²) in [6.45, 7) is 5.94. The molecule has 0 aliphatic carbocycles. The van der Waals surface area contributed by atoms with Crippen molar-refractivity contribution in [2.24, 2.45) is 0 Å². The van der Waals surface area contributed by atoms with Crippen molar-refractivity contribution < 1.29 is 9.59 Å². The first-order valence-corrected chi connectivity index (χ1v) is 11.4. The predicted molar refractivity (Wildman–Crippen MR) is 126 cm³/mol. The van der Waals surface area contributed by atoms with E-state index in [0.717, 1.165) is 10.2 Å². The summed E-state index contributed by atoms with van der Waals surface area (Å²) < 4.78 is 2.74. The number of halogens is 3. The Balaban J connectivity index is 1.93. The van der Waals surface area contributed by atoms with Gasteiger partial charge in [-0.05, 0) is 72.6 Å². The average Bonchev–Trinajstić information content (AvgIpc) is 3.26. The number of rotatable bonds is 2. The number of amides is 2. The number of hydrogen-bond donors (Lipinski definition) is 1. The molecule has 3 aromatic rings. The van der Waals surface area contributed by atoms with Crippen molar-refractivity contribution in [3.8, 4) is 0 Å². The lowest BCUT2D eigenvalue weighted by molar-refractivity contribution is -0.119. The summed E-state index contributed by atoms with van der Waals surface area (Å²) in [6, 6.07) is 12.4. The number of benzene rings is 2. The van der Waals surface area contributed by atoms with Gasteiger partial charge in [-0.1, -0.05) is 35.3 Å². The van der Waals surface area contributed by atoms with E-state index >= 15 is 0 Å². The third-order valence-corrected chi connectivity index (χ3v) is 7.06. The van der Waals surface area contributed by atoms with Crippen LogP contribution in [0, 0.1) is 6.92 Å².